The molecule has 2 atom stereocenters. The van der Waals surface area contributed by atoms with E-state index >= 15 is 0 Å². The third kappa shape index (κ3) is 4.40. The lowest BCUT2D eigenvalue weighted by Gasteiger charge is -2.36. The molecule has 0 fully saturated rings. The fourth-order valence-electron chi connectivity index (χ4n) is 4.10. The maximum atomic E-state index is 13.1. The molecule has 0 spiro atoms. The van der Waals surface area contributed by atoms with Crippen molar-refractivity contribution in [3.05, 3.63) is 65.2 Å². The van der Waals surface area contributed by atoms with Crippen molar-refractivity contribution >= 4 is 17.8 Å². The van der Waals surface area contributed by atoms with Crippen LogP contribution >= 0.6 is 0 Å². The molecule has 0 bridgehead atoms. The van der Waals surface area contributed by atoms with Crippen LogP contribution in [0.4, 0.5) is 0 Å². The fourth-order valence-corrected chi connectivity index (χ4v) is 4.10. The number of hydrogen-bond donors (Lipinski definition) is 1. The lowest BCUT2D eigenvalue weighted by Crippen LogP contribution is -2.53. The maximum absolute atomic E-state index is 13.1. The van der Waals surface area contributed by atoms with Gasteiger partial charge in [-0.1, -0.05) is 36.4 Å². The molecule has 2 aliphatic rings. The van der Waals surface area contributed by atoms with Gasteiger partial charge in [0, 0.05) is 13.1 Å². The van der Waals surface area contributed by atoms with Gasteiger partial charge in [-0.05, 0) is 49.1 Å². The van der Waals surface area contributed by atoms with E-state index in [4.69, 9.17) is 14.5 Å². The van der Waals surface area contributed by atoms with E-state index in [1.165, 1.54) is 11.1 Å². The van der Waals surface area contributed by atoms with Crippen LogP contribution in [0.3, 0.4) is 0 Å². The second-order valence-corrected chi connectivity index (χ2v) is 7.56. The number of aliphatic imine (C=N–C) groups is 1. The van der Waals surface area contributed by atoms with Crippen LogP contribution in [0.15, 0.2) is 53.5 Å². The van der Waals surface area contributed by atoms with Gasteiger partial charge in [0.15, 0.2) is 5.92 Å². The van der Waals surface area contributed by atoms with E-state index in [-0.39, 0.29) is 6.61 Å². The molecule has 7 nitrogen and oxygen atoms in total. The van der Waals surface area contributed by atoms with Crippen LogP contribution in [-0.2, 0) is 27.3 Å². The third-order valence-corrected chi connectivity index (χ3v) is 5.58. The van der Waals surface area contributed by atoms with Crippen molar-refractivity contribution in [2.45, 2.75) is 32.9 Å². The summed E-state index contributed by atoms with van der Waals surface area (Å²) in [5.74, 6) is -0.838. The number of rotatable bonds is 5. The van der Waals surface area contributed by atoms with E-state index in [2.05, 4.69) is 22.3 Å². The first-order valence-corrected chi connectivity index (χ1v) is 10.7. The molecular formula is C24H27N3O4. The summed E-state index contributed by atoms with van der Waals surface area (Å²) in [6.07, 6.45) is 0.872. The van der Waals surface area contributed by atoms with E-state index in [1.807, 2.05) is 43.3 Å². The summed E-state index contributed by atoms with van der Waals surface area (Å²) in [6.45, 7) is 5.76. The minimum absolute atomic E-state index is 0.202. The zero-order valence-corrected chi connectivity index (χ0v) is 17.8. The number of hydrogen-bond acceptors (Lipinski definition) is 6. The zero-order chi connectivity index (χ0) is 21.8. The highest BCUT2D eigenvalue weighted by Crippen LogP contribution is 2.33. The Labute approximate surface area is 182 Å². The van der Waals surface area contributed by atoms with Gasteiger partial charge in [0.25, 0.3) is 0 Å². The van der Waals surface area contributed by atoms with E-state index < -0.39 is 23.8 Å². The SMILES string of the molecule is CCOC(=O)[C@@H]1C(=O)NC(N2CCc3ccccc3C2)=N[C@H]1c1cccc(OCC)c1. The molecule has 2 heterocycles. The molecule has 0 aromatic heterocycles. The summed E-state index contributed by atoms with van der Waals surface area (Å²) in [6, 6.07) is 15.0. The number of nitrogens with zero attached hydrogens (tertiary/aromatic N) is 2. The molecule has 0 saturated heterocycles. The number of guanidine groups is 1. The van der Waals surface area contributed by atoms with Crippen molar-refractivity contribution in [1.82, 2.24) is 10.2 Å². The Balaban J connectivity index is 1.69. The van der Waals surface area contributed by atoms with E-state index in [1.54, 1.807) is 6.92 Å². The van der Waals surface area contributed by atoms with E-state index in [0.717, 1.165) is 18.5 Å². The van der Waals surface area contributed by atoms with Gasteiger partial charge in [0.2, 0.25) is 11.9 Å². The highest BCUT2D eigenvalue weighted by molar-refractivity contribution is 6.08. The molecule has 0 saturated carbocycles. The summed E-state index contributed by atoms with van der Waals surface area (Å²) < 4.78 is 10.8. The lowest BCUT2D eigenvalue weighted by molar-refractivity contribution is -0.153. The Bertz CT molecular complexity index is 1000. The number of carbonyl (C=O) groups excluding carboxylic acids is 2. The van der Waals surface area contributed by atoms with Gasteiger partial charge in [0.05, 0.1) is 13.2 Å². The van der Waals surface area contributed by atoms with Crippen molar-refractivity contribution in [2.24, 2.45) is 10.9 Å². The predicted octanol–water partition coefficient (Wildman–Crippen LogP) is 2.85. The van der Waals surface area contributed by atoms with Crippen LogP contribution in [-0.4, -0.2) is 42.5 Å². The molecule has 4 rings (SSSR count). The first-order chi connectivity index (χ1) is 15.1. The third-order valence-electron chi connectivity index (χ3n) is 5.58. The quantitative estimate of drug-likeness (QED) is 0.593. The molecule has 2 aliphatic heterocycles. The first-order valence-electron chi connectivity index (χ1n) is 10.7. The largest absolute Gasteiger partial charge is 0.494 e. The van der Waals surface area contributed by atoms with Gasteiger partial charge in [-0.25, -0.2) is 4.99 Å². The number of carbonyl (C=O) groups is 2. The van der Waals surface area contributed by atoms with Crippen LogP contribution in [0, 0.1) is 5.92 Å². The molecule has 31 heavy (non-hydrogen) atoms. The monoisotopic (exact) mass is 421 g/mol. The molecule has 1 N–H and O–H groups in total. The van der Waals surface area contributed by atoms with Crippen LogP contribution in [0.2, 0.25) is 0 Å². The minimum atomic E-state index is -1.04. The first kappa shape index (κ1) is 20.9. The van der Waals surface area contributed by atoms with Crippen molar-refractivity contribution in [2.75, 3.05) is 19.8 Å². The van der Waals surface area contributed by atoms with E-state index in [9.17, 15) is 9.59 Å². The minimum Gasteiger partial charge on any atom is -0.494 e. The highest BCUT2D eigenvalue weighted by Gasteiger charge is 2.42. The fraction of sp³-hybridized carbons (Fsp3) is 0.375. The predicted molar refractivity (Wildman–Crippen MR) is 117 cm³/mol. The smallest absolute Gasteiger partial charge is 0.321 e. The molecular weight excluding hydrogens is 394 g/mol. The Kier molecular flexibility index (Phi) is 6.21. The van der Waals surface area contributed by atoms with Gasteiger partial charge < -0.3 is 14.4 Å². The summed E-state index contributed by atoms with van der Waals surface area (Å²) in [5, 5.41) is 2.85. The van der Waals surface area contributed by atoms with Crippen molar-refractivity contribution in [3.63, 3.8) is 0 Å². The number of fused-ring (bicyclic) bond motifs is 1. The Morgan fingerprint density at radius 2 is 1.94 bits per heavy atom. The van der Waals surface area contributed by atoms with Gasteiger partial charge in [0.1, 0.15) is 11.8 Å². The van der Waals surface area contributed by atoms with Crippen LogP contribution < -0.4 is 10.1 Å². The second-order valence-electron chi connectivity index (χ2n) is 7.56. The molecule has 0 aliphatic carbocycles. The number of amides is 1. The topological polar surface area (TPSA) is 80.2 Å². The standard InChI is InChI=1S/C24H27N3O4/c1-3-30-19-11-7-10-17(14-19)21-20(23(29)31-4-2)22(28)26-24(25-21)27-13-12-16-8-5-6-9-18(16)15-27/h5-11,14,20-21H,3-4,12-13,15H2,1-2H3,(H,25,26,28)/t20-,21-/m0/s1. The van der Waals surface area contributed by atoms with Crippen LogP contribution in [0.1, 0.15) is 36.6 Å². The molecule has 7 heteroatoms. The zero-order valence-electron chi connectivity index (χ0n) is 17.8. The Morgan fingerprint density at radius 3 is 2.71 bits per heavy atom. The van der Waals surface area contributed by atoms with Gasteiger partial charge in [-0.3, -0.25) is 14.9 Å². The van der Waals surface area contributed by atoms with Gasteiger partial charge >= 0.3 is 5.97 Å². The number of benzene rings is 2. The Hall–Kier alpha value is -3.35. The van der Waals surface area contributed by atoms with Crippen LogP contribution in [0.25, 0.3) is 0 Å². The van der Waals surface area contributed by atoms with E-state index in [0.29, 0.717) is 24.9 Å². The lowest BCUT2D eigenvalue weighted by atomic mass is 9.91. The normalized spacial score (nSPS) is 20.4. The summed E-state index contributed by atoms with van der Waals surface area (Å²) >= 11 is 0. The molecule has 0 radical (unpaired) electrons. The average molecular weight is 421 g/mol. The number of esters is 1. The van der Waals surface area contributed by atoms with Gasteiger partial charge in [-0.15, -0.1) is 0 Å². The van der Waals surface area contributed by atoms with Crippen LogP contribution in [0.5, 0.6) is 5.75 Å². The van der Waals surface area contributed by atoms with Crippen molar-refractivity contribution in [3.8, 4) is 5.75 Å². The number of nitrogens with one attached hydrogen (secondary N) is 1. The molecule has 1 amide bonds. The van der Waals surface area contributed by atoms with Crippen molar-refractivity contribution in [1.29, 1.82) is 0 Å². The number of ether oxygens (including phenoxy) is 2. The highest BCUT2D eigenvalue weighted by atomic mass is 16.5. The summed E-state index contributed by atoms with van der Waals surface area (Å²) in [7, 11) is 0. The molecule has 2 aromatic rings. The van der Waals surface area contributed by atoms with Gasteiger partial charge in [-0.2, -0.15) is 0 Å². The van der Waals surface area contributed by atoms with Crippen molar-refractivity contribution < 1.29 is 19.1 Å². The molecule has 0 unspecified atom stereocenters. The summed E-state index contributed by atoms with van der Waals surface area (Å²) in [5.41, 5.74) is 3.27. The molecule has 2 aromatic carbocycles. The Morgan fingerprint density at radius 1 is 1.13 bits per heavy atom. The maximum Gasteiger partial charge on any atom is 0.321 e. The summed E-state index contributed by atoms with van der Waals surface area (Å²) in [4.78, 5) is 32.6. The average Bonchev–Trinajstić information content (AvgIpc) is 2.78. The second kappa shape index (κ2) is 9.20. The molecule has 162 valence electrons.